The van der Waals surface area contributed by atoms with Crippen molar-refractivity contribution in [2.24, 2.45) is 0 Å². The van der Waals surface area contributed by atoms with Crippen LogP contribution in [0.2, 0.25) is 0 Å². The molecule has 2 heterocycles. The number of piperazine rings is 1. The summed E-state index contributed by atoms with van der Waals surface area (Å²) in [6, 6.07) is 0. The zero-order valence-corrected chi connectivity index (χ0v) is 13.1. The van der Waals surface area contributed by atoms with Gasteiger partial charge in [0.05, 0.1) is 16.8 Å². The van der Waals surface area contributed by atoms with Crippen molar-refractivity contribution < 1.29 is 16.8 Å². The molecule has 6 nitrogen and oxygen atoms in total. The Kier molecular flexibility index (Phi) is 3.99. The topological polar surface area (TPSA) is 83.6 Å². The summed E-state index contributed by atoms with van der Waals surface area (Å²) in [5, 5.41) is 2.74. The Morgan fingerprint density at radius 1 is 1.21 bits per heavy atom. The molecule has 0 spiro atoms. The van der Waals surface area contributed by atoms with Crippen LogP contribution >= 0.6 is 0 Å². The van der Waals surface area contributed by atoms with Gasteiger partial charge in [-0.25, -0.2) is 16.8 Å². The molecule has 2 aliphatic heterocycles. The van der Waals surface area contributed by atoms with Gasteiger partial charge in [0.25, 0.3) is 0 Å². The van der Waals surface area contributed by atoms with Crippen LogP contribution in [-0.2, 0) is 19.9 Å². The quantitative estimate of drug-likeness (QED) is 0.749. The lowest BCUT2D eigenvalue weighted by molar-refractivity contribution is 0.231. The fourth-order valence-corrected chi connectivity index (χ4v) is 6.58. The first-order valence-corrected chi connectivity index (χ1v) is 9.89. The molecular formula is C11H22N2O4S2. The SMILES string of the molecule is CC1(C)CN(S(=O)(=O)C2CCS(=O)(=O)CC2)CCN1. The number of hydrogen-bond donors (Lipinski definition) is 1. The van der Waals surface area contributed by atoms with Crippen LogP contribution in [-0.4, -0.2) is 63.1 Å². The molecule has 0 aliphatic carbocycles. The molecule has 0 radical (unpaired) electrons. The summed E-state index contributed by atoms with van der Waals surface area (Å²) in [5.74, 6) is -0.0151. The Morgan fingerprint density at radius 3 is 2.32 bits per heavy atom. The van der Waals surface area contributed by atoms with Crippen molar-refractivity contribution in [3.05, 3.63) is 0 Å². The first-order chi connectivity index (χ1) is 8.62. The molecule has 1 N–H and O–H groups in total. The summed E-state index contributed by atoms with van der Waals surface area (Å²) in [4.78, 5) is 0. The van der Waals surface area contributed by atoms with Crippen LogP contribution in [0.5, 0.6) is 0 Å². The molecule has 0 unspecified atom stereocenters. The molecule has 0 bridgehead atoms. The molecule has 2 fully saturated rings. The molecule has 0 amide bonds. The lowest BCUT2D eigenvalue weighted by Crippen LogP contribution is -2.59. The minimum atomic E-state index is -3.38. The van der Waals surface area contributed by atoms with Crippen LogP contribution in [0, 0.1) is 0 Å². The monoisotopic (exact) mass is 310 g/mol. The largest absolute Gasteiger partial charge is 0.309 e. The van der Waals surface area contributed by atoms with E-state index in [0.717, 1.165) is 0 Å². The number of sulfone groups is 1. The maximum atomic E-state index is 12.5. The van der Waals surface area contributed by atoms with Crippen LogP contribution < -0.4 is 5.32 Å². The Bertz CT molecular complexity index is 525. The number of rotatable bonds is 2. The summed E-state index contributed by atoms with van der Waals surface area (Å²) in [6.45, 7) is 5.49. The zero-order chi connectivity index (χ0) is 14.3. The number of nitrogens with one attached hydrogen (secondary N) is 1. The third kappa shape index (κ3) is 3.48. The van der Waals surface area contributed by atoms with E-state index in [0.29, 0.717) is 19.6 Å². The van der Waals surface area contributed by atoms with E-state index in [9.17, 15) is 16.8 Å². The molecule has 112 valence electrons. The van der Waals surface area contributed by atoms with Crippen molar-refractivity contribution in [3.8, 4) is 0 Å². The van der Waals surface area contributed by atoms with Crippen LogP contribution in [0.4, 0.5) is 0 Å². The van der Waals surface area contributed by atoms with E-state index in [2.05, 4.69) is 5.32 Å². The van der Waals surface area contributed by atoms with Gasteiger partial charge in [-0.15, -0.1) is 0 Å². The molecule has 0 aromatic heterocycles. The molecule has 2 rings (SSSR count). The summed E-state index contributed by atoms with van der Waals surface area (Å²) >= 11 is 0. The molecule has 0 saturated carbocycles. The third-order valence-corrected chi connectivity index (χ3v) is 7.88. The van der Waals surface area contributed by atoms with Gasteiger partial charge in [0.1, 0.15) is 9.84 Å². The molecule has 0 atom stereocenters. The highest BCUT2D eigenvalue weighted by atomic mass is 32.2. The van der Waals surface area contributed by atoms with Crippen LogP contribution in [0.3, 0.4) is 0 Å². The fourth-order valence-electron chi connectivity index (χ4n) is 2.69. The van der Waals surface area contributed by atoms with Crippen molar-refractivity contribution in [2.45, 2.75) is 37.5 Å². The Morgan fingerprint density at radius 2 is 1.79 bits per heavy atom. The van der Waals surface area contributed by atoms with Crippen LogP contribution in [0.25, 0.3) is 0 Å². The van der Waals surface area contributed by atoms with Gasteiger partial charge in [0.15, 0.2) is 0 Å². The average Bonchev–Trinajstić information content (AvgIpc) is 2.27. The van der Waals surface area contributed by atoms with Gasteiger partial charge in [0.2, 0.25) is 10.0 Å². The summed E-state index contributed by atoms with van der Waals surface area (Å²) in [5.41, 5.74) is -0.230. The second-order valence-corrected chi connectivity index (χ2v) is 10.6. The fraction of sp³-hybridized carbons (Fsp3) is 1.00. The maximum Gasteiger partial charge on any atom is 0.217 e. The highest BCUT2D eigenvalue weighted by molar-refractivity contribution is 7.92. The van der Waals surface area contributed by atoms with E-state index >= 15 is 0 Å². The third-order valence-electron chi connectivity index (χ3n) is 3.82. The summed E-state index contributed by atoms with van der Waals surface area (Å²) < 4.78 is 49.4. The normalized spacial score (nSPS) is 29.2. The first kappa shape index (κ1) is 15.2. The lowest BCUT2D eigenvalue weighted by Gasteiger charge is -2.40. The van der Waals surface area contributed by atoms with Crippen molar-refractivity contribution in [3.63, 3.8) is 0 Å². The smallest absolute Gasteiger partial charge is 0.217 e. The predicted octanol–water partition coefficient (Wildman–Crippen LogP) is -0.423. The maximum absolute atomic E-state index is 12.5. The average molecular weight is 310 g/mol. The summed E-state index contributed by atoms with van der Waals surface area (Å²) in [7, 11) is -6.40. The minimum absolute atomic E-state index is 0.00756. The molecule has 0 aromatic rings. The van der Waals surface area contributed by atoms with E-state index in [-0.39, 0.29) is 29.9 Å². The highest BCUT2D eigenvalue weighted by Crippen LogP contribution is 2.24. The minimum Gasteiger partial charge on any atom is -0.309 e. The zero-order valence-electron chi connectivity index (χ0n) is 11.4. The lowest BCUT2D eigenvalue weighted by atomic mass is 10.0. The van der Waals surface area contributed by atoms with Crippen molar-refractivity contribution in [1.29, 1.82) is 0 Å². The van der Waals surface area contributed by atoms with E-state index in [1.165, 1.54) is 4.31 Å². The van der Waals surface area contributed by atoms with Gasteiger partial charge < -0.3 is 5.32 Å². The summed E-state index contributed by atoms with van der Waals surface area (Å²) in [6.07, 6.45) is 0.462. The molecule has 2 saturated heterocycles. The second-order valence-electron chi connectivity index (χ2n) is 6.04. The number of hydrogen-bond acceptors (Lipinski definition) is 5. The molecule has 2 aliphatic rings. The molecule has 0 aromatic carbocycles. The first-order valence-electron chi connectivity index (χ1n) is 6.57. The molecule has 19 heavy (non-hydrogen) atoms. The van der Waals surface area contributed by atoms with E-state index in [1.54, 1.807) is 0 Å². The van der Waals surface area contributed by atoms with E-state index in [4.69, 9.17) is 0 Å². The Labute approximate surface area is 115 Å². The Balaban J connectivity index is 2.10. The predicted molar refractivity (Wildman–Crippen MR) is 74.3 cm³/mol. The highest BCUT2D eigenvalue weighted by Gasteiger charge is 2.40. The van der Waals surface area contributed by atoms with Crippen molar-refractivity contribution in [2.75, 3.05) is 31.1 Å². The Hall–Kier alpha value is -0.180. The van der Waals surface area contributed by atoms with Gasteiger partial charge >= 0.3 is 0 Å². The van der Waals surface area contributed by atoms with Crippen molar-refractivity contribution >= 4 is 19.9 Å². The number of nitrogens with zero attached hydrogens (tertiary/aromatic N) is 1. The molecular weight excluding hydrogens is 288 g/mol. The van der Waals surface area contributed by atoms with Gasteiger partial charge in [-0.1, -0.05) is 0 Å². The van der Waals surface area contributed by atoms with Crippen LogP contribution in [0.15, 0.2) is 0 Å². The standard InChI is InChI=1S/C11H22N2O4S2/c1-11(2)9-13(6-5-12-11)19(16,17)10-3-7-18(14,15)8-4-10/h10,12H,3-9H2,1-2H3. The van der Waals surface area contributed by atoms with Crippen LogP contribution in [0.1, 0.15) is 26.7 Å². The molecule has 8 heteroatoms. The van der Waals surface area contributed by atoms with E-state index < -0.39 is 25.1 Å². The number of sulfonamides is 1. The van der Waals surface area contributed by atoms with Gasteiger partial charge in [-0.2, -0.15) is 4.31 Å². The van der Waals surface area contributed by atoms with Gasteiger partial charge in [-0.05, 0) is 26.7 Å². The van der Waals surface area contributed by atoms with Gasteiger partial charge in [-0.3, -0.25) is 0 Å². The van der Waals surface area contributed by atoms with Crippen molar-refractivity contribution in [1.82, 2.24) is 9.62 Å². The van der Waals surface area contributed by atoms with Gasteiger partial charge in [0, 0.05) is 25.2 Å². The van der Waals surface area contributed by atoms with E-state index in [1.807, 2.05) is 13.8 Å². The second kappa shape index (κ2) is 4.98.